The number of rotatable bonds is 8. The minimum absolute atomic E-state index is 0.158. The van der Waals surface area contributed by atoms with Crippen molar-refractivity contribution in [3.8, 4) is 0 Å². The van der Waals surface area contributed by atoms with Crippen LogP contribution in [0.5, 0.6) is 0 Å². The van der Waals surface area contributed by atoms with Crippen LogP contribution in [0, 0.1) is 5.92 Å². The number of anilines is 1. The third-order valence-electron chi connectivity index (χ3n) is 6.23. The monoisotopic (exact) mass is 427 g/mol. The number of benzene rings is 3. The molecule has 1 aliphatic rings. The zero-order chi connectivity index (χ0) is 22.0. The second kappa shape index (κ2) is 11.5. The first-order chi connectivity index (χ1) is 15.7. The molecule has 0 bridgehead atoms. The van der Waals surface area contributed by atoms with Crippen molar-refractivity contribution in [2.75, 3.05) is 25.0 Å². The average Bonchev–Trinajstić information content (AvgIpc) is 2.83. The van der Waals surface area contributed by atoms with E-state index in [2.05, 4.69) is 70.1 Å². The van der Waals surface area contributed by atoms with Gasteiger partial charge in [-0.3, -0.25) is 4.90 Å². The third kappa shape index (κ3) is 6.96. The second-order valence-electron chi connectivity index (χ2n) is 8.72. The van der Waals surface area contributed by atoms with Crippen molar-refractivity contribution >= 4 is 11.7 Å². The molecule has 0 atom stereocenters. The molecule has 0 spiro atoms. The molecule has 0 aromatic heterocycles. The molecule has 4 nitrogen and oxygen atoms in total. The van der Waals surface area contributed by atoms with E-state index in [1.165, 1.54) is 36.0 Å². The summed E-state index contributed by atoms with van der Waals surface area (Å²) in [6.45, 7) is 3.90. The maximum atomic E-state index is 12.1. The van der Waals surface area contributed by atoms with Crippen molar-refractivity contribution < 1.29 is 4.79 Å². The van der Waals surface area contributed by atoms with Crippen molar-refractivity contribution in [1.29, 1.82) is 0 Å². The summed E-state index contributed by atoms with van der Waals surface area (Å²) in [6, 6.07) is 29.1. The van der Waals surface area contributed by atoms with Crippen LogP contribution in [0.15, 0.2) is 84.9 Å². The van der Waals surface area contributed by atoms with Crippen LogP contribution in [0.3, 0.4) is 0 Å². The first-order valence-corrected chi connectivity index (χ1v) is 11.7. The number of piperidine rings is 1. The van der Waals surface area contributed by atoms with Crippen LogP contribution in [0.2, 0.25) is 0 Å². The number of carbonyl (C=O) groups is 1. The summed E-state index contributed by atoms with van der Waals surface area (Å²) in [5.41, 5.74) is 4.80. The summed E-state index contributed by atoms with van der Waals surface area (Å²) in [5, 5.41) is 5.85. The molecule has 1 heterocycles. The highest BCUT2D eigenvalue weighted by atomic mass is 16.2. The van der Waals surface area contributed by atoms with Gasteiger partial charge in [-0.05, 0) is 73.5 Å². The molecular weight excluding hydrogens is 394 g/mol. The van der Waals surface area contributed by atoms with Gasteiger partial charge in [-0.15, -0.1) is 0 Å². The number of nitrogens with zero attached hydrogens (tertiary/aromatic N) is 1. The normalized spacial score (nSPS) is 14.8. The Morgan fingerprint density at radius 3 is 2.06 bits per heavy atom. The Morgan fingerprint density at radius 2 is 1.41 bits per heavy atom. The number of amides is 2. The van der Waals surface area contributed by atoms with E-state index in [-0.39, 0.29) is 6.03 Å². The maximum Gasteiger partial charge on any atom is 0.319 e. The van der Waals surface area contributed by atoms with Crippen molar-refractivity contribution in [2.45, 2.75) is 32.2 Å². The van der Waals surface area contributed by atoms with Gasteiger partial charge in [0.15, 0.2) is 0 Å². The van der Waals surface area contributed by atoms with Gasteiger partial charge < -0.3 is 10.6 Å². The Bertz CT molecular complexity index is 949. The first-order valence-electron chi connectivity index (χ1n) is 11.7. The number of carbonyl (C=O) groups excluding carboxylic acids is 1. The highest BCUT2D eigenvalue weighted by Crippen LogP contribution is 2.23. The van der Waals surface area contributed by atoms with Crippen molar-refractivity contribution in [3.05, 3.63) is 102 Å². The van der Waals surface area contributed by atoms with Crippen molar-refractivity contribution in [2.24, 2.45) is 5.92 Å². The molecule has 3 aromatic rings. The zero-order valence-corrected chi connectivity index (χ0v) is 18.7. The van der Waals surface area contributed by atoms with Crippen LogP contribution in [0.1, 0.15) is 29.5 Å². The molecule has 2 amide bonds. The maximum absolute atomic E-state index is 12.1. The Labute approximate surface area is 191 Å². The van der Waals surface area contributed by atoms with E-state index in [1.807, 2.05) is 30.3 Å². The summed E-state index contributed by atoms with van der Waals surface area (Å²) in [6.07, 6.45) is 4.55. The van der Waals surface area contributed by atoms with Crippen LogP contribution in [0.25, 0.3) is 0 Å². The fourth-order valence-electron chi connectivity index (χ4n) is 4.39. The van der Waals surface area contributed by atoms with Gasteiger partial charge in [-0.1, -0.05) is 72.8 Å². The Kier molecular flexibility index (Phi) is 7.94. The van der Waals surface area contributed by atoms with Gasteiger partial charge in [0, 0.05) is 18.8 Å². The average molecular weight is 428 g/mol. The molecular formula is C28H33N3O. The Hall–Kier alpha value is -3.11. The van der Waals surface area contributed by atoms with E-state index in [4.69, 9.17) is 0 Å². The van der Waals surface area contributed by atoms with Crippen LogP contribution in [-0.4, -0.2) is 30.6 Å². The molecule has 0 unspecified atom stereocenters. The molecule has 32 heavy (non-hydrogen) atoms. The lowest BCUT2D eigenvalue weighted by molar-refractivity contribution is 0.177. The lowest BCUT2D eigenvalue weighted by Gasteiger charge is -2.32. The fourth-order valence-corrected chi connectivity index (χ4v) is 4.39. The predicted molar refractivity (Wildman–Crippen MR) is 132 cm³/mol. The van der Waals surface area contributed by atoms with Gasteiger partial charge in [0.25, 0.3) is 0 Å². The summed E-state index contributed by atoms with van der Waals surface area (Å²) < 4.78 is 0. The number of nitrogens with one attached hydrogen (secondary N) is 2. The summed E-state index contributed by atoms with van der Waals surface area (Å²) >= 11 is 0. The SMILES string of the molecule is O=C(NCCc1ccccc1)Nc1ccc(CN2CCC(Cc3ccccc3)CC2)cc1. The number of hydrogen-bond donors (Lipinski definition) is 2. The minimum Gasteiger partial charge on any atom is -0.338 e. The lowest BCUT2D eigenvalue weighted by Crippen LogP contribution is -2.33. The lowest BCUT2D eigenvalue weighted by atomic mass is 9.90. The molecule has 3 aromatic carbocycles. The van der Waals surface area contributed by atoms with E-state index in [9.17, 15) is 4.79 Å². The third-order valence-corrected chi connectivity index (χ3v) is 6.23. The van der Waals surface area contributed by atoms with Crippen molar-refractivity contribution in [1.82, 2.24) is 10.2 Å². The Morgan fingerprint density at radius 1 is 0.781 bits per heavy atom. The smallest absolute Gasteiger partial charge is 0.319 e. The number of likely N-dealkylation sites (tertiary alicyclic amines) is 1. The quantitative estimate of drug-likeness (QED) is 0.498. The van der Waals surface area contributed by atoms with Gasteiger partial charge in [0.2, 0.25) is 0 Å². The van der Waals surface area contributed by atoms with Crippen LogP contribution >= 0.6 is 0 Å². The van der Waals surface area contributed by atoms with Gasteiger partial charge in [0.1, 0.15) is 0 Å². The molecule has 1 saturated heterocycles. The number of urea groups is 1. The fraction of sp³-hybridized carbons (Fsp3) is 0.321. The minimum atomic E-state index is -0.158. The van der Waals surface area contributed by atoms with Crippen LogP contribution in [-0.2, 0) is 19.4 Å². The molecule has 0 radical (unpaired) electrons. The van der Waals surface area contributed by atoms with Crippen LogP contribution < -0.4 is 10.6 Å². The van der Waals surface area contributed by atoms with Gasteiger partial charge in [-0.2, -0.15) is 0 Å². The molecule has 0 saturated carbocycles. The molecule has 1 fully saturated rings. The predicted octanol–water partition coefficient (Wildman–Crippen LogP) is 5.51. The molecule has 2 N–H and O–H groups in total. The summed E-state index contributed by atoms with van der Waals surface area (Å²) in [5.74, 6) is 0.792. The van der Waals surface area contributed by atoms with Gasteiger partial charge in [-0.25, -0.2) is 4.79 Å². The summed E-state index contributed by atoms with van der Waals surface area (Å²) in [4.78, 5) is 14.7. The molecule has 0 aliphatic carbocycles. The van der Waals surface area contributed by atoms with E-state index in [0.717, 1.165) is 37.7 Å². The molecule has 4 rings (SSSR count). The highest BCUT2D eigenvalue weighted by Gasteiger charge is 2.19. The van der Waals surface area contributed by atoms with Gasteiger partial charge in [0.05, 0.1) is 0 Å². The standard InChI is InChI=1S/C28H33N3O/c32-28(29-18-15-23-7-3-1-4-8-23)30-27-13-11-26(12-14-27)22-31-19-16-25(17-20-31)21-24-9-5-2-6-10-24/h1-14,25H,15-22H2,(H2,29,30,32). The van der Waals surface area contributed by atoms with Crippen LogP contribution in [0.4, 0.5) is 10.5 Å². The number of hydrogen-bond acceptors (Lipinski definition) is 2. The molecule has 1 aliphatic heterocycles. The second-order valence-corrected chi connectivity index (χ2v) is 8.72. The van der Waals surface area contributed by atoms with E-state index in [0.29, 0.717) is 6.54 Å². The first kappa shape index (κ1) is 22.1. The highest BCUT2D eigenvalue weighted by molar-refractivity contribution is 5.89. The topological polar surface area (TPSA) is 44.4 Å². The largest absolute Gasteiger partial charge is 0.338 e. The Balaban J connectivity index is 1.16. The van der Waals surface area contributed by atoms with E-state index in [1.54, 1.807) is 0 Å². The zero-order valence-electron chi connectivity index (χ0n) is 18.7. The molecule has 166 valence electrons. The molecule has 4 heteroatoms. The van der Waals surface area contributed by atoms with Gasteiger partial charge >= 0.3 is 6.03 Å². The summed E-state index contributed by atoms with van der Waals surface area (Å²) in [7, 11) is 0. The van der Waals surface area contributed by atoms with E-state index < -0.39 is 0 Å². The van der Waals surface area contributed by atoms with E-state index >= 15 is 0 Å². The van der Waals surface area contributed by atoms with Crippen molar-refractivity contribution in [3.63, 3.8) is 0 Å².